The summed E-state index contributed by atoms with van der Waals surface area (Å²) in [6.45, 7) is 5.53. The molecule has 1 N–H and O–H groups in total. The van der Waals surface area contributed by atoms with Crippen molar-refractivity contribution < 1.29 is 19.0 Å². The summed E-state index contributed by atoms with van der Waals surface area (Å²) in [5.74, 6) is 0.819. The fourth-order valence-electron chi connectivity index (χ4n) is 3.86. The zero-order valence-electron chi connectivity index (χ0n) is 15.8. The van der Waals surface area contributed by atoms with Crippen LogP contribution in [-0.2, 0) is 16.0 Å². The number of carbonyl (C=O) groups is 1. The molecule has 2 aliphatic rings. The lowest BCUT2D eigenvalue weighted by atomic mass is 9.83. The van der Waals surface area contributed by atoms with Crippen LogP contribution in [0.1, 0.15) is 38.2 Å². The van der Waals surface area contributed by atoms with Crippen LogP contribution in [0.3, 0.4) is 0 Å². The van der Waals surface area contributed by atoms with Crippen molar-refractivity contribution in [1.29, 1.82) is 0 Å². The molecule has 0 bridgehead atoms. The van der Waals surface area contributed by atoms with Crippen molar-refractivity contribution in [3.05, 3.63) is 29.8 Å². The molecule has 3 rings (SSSR count). The molecular weight excluding hydrogens is 332 g/mol. The van der Waals surface area contributed by atoms with Gasteiger partial charge in [-0.05, 0) is 43.9 Å². The Morgan fingerprint density at radius 1 is 1.31 bits per heavy atom. The first kappa shape index (κ1) is 19.0. The summed E-state index contributed by atoms with van der Waals surface area (Å²) >= 11 is 0. The number of nitrogens with zero attached hydrogens (tertiary/aromatic N) is 1. The van der Waals surface area contributed by atoms with Gasteiger partial charge in [-0.3, -0.25) is 0 Å². The molecule has 2 saturated heterocycles. The van der Waals surface area contributed by atoms with Crippen LogP contribution in [-0.4, -0.2) is 56.0 Å². The maximum absolute atomic E-state index is 12.5. The first-order valence-corrected chi connectivity index (χ1v) is 9.55. The lowest BCUT2D eigenvalue weighted by molar-refractivity contribution is -0.150. The molecule has 0 saturated carbocycles. The Bertz CT molecular complexity index is 580. The molecule has 6 nitrogen and oxygen atoms in total. The highest BCUT2D eigenvalue weighted by molar-refractivity contribution is 5.74. The summed E-state index contributed by atoms with van der Waals surface area (Å²) in [4.78, 5) is 14.3. The molecule has 0 aromatic heterocycles. The van der Waals surface area contributed by atoms with Gasteiger partial charge in [-0.2, -0.15) is 0 Å². The summed E-state index contributed by atoms with van der Waals surface area (Å²) in [7, 11) is 1.65. The van der Waals surface area contributed by atoms with Gasteiger partial charge < -0.3 is 24.4 Å². The second-order valence-corrected chi connectivity index (χ2v) is 7.10. The number of benzene rings is 1. The zero-order chi connectivity index (χ0) is 18.4. The predicted molar refractivity (Wildman–Crippen MR) is 99.4 cm³/mol. The predicted octanol–water partition coefficient (Wildman–Crippen LogP) is 2.95. The van der Waals surface area contributed by atoms with E-state index in [1.54, 1.807) is 7.11 Å². The number of urea groups is 1. The van der Waals surface area contributed by atoms with Gasteiger partial charge in [0.05, 0.1) is 18.8 Å². The molecule has 26 heavy (non-hydrogen) atoms. The van der Waals surface area contributed by atoms with E-state index < -0.39 is 0 Å². The number of hydrogen-bond donors (Lipinski definition) is 1. The Kier molecular flexibility index (Phi) is 6.38. The van der Waals surface area contributed by atoms with Crippen LogP contribution in [0.2, 0.25) is 0 Å². The Hall–Kier alpha value is -1.79. The maximum Gasteiger partial charge on any atom is 0.317 e. The summed E-state index contributed by atoms with van der Waals surface area (Å²) in [5, 5.41) is 3.01. The number of piperidine rings is 1. The van der Waals surface area contributed by atoms with Crippen LogP contribution in [0.5, 0.6) is 5.75 Å². The van der Waals surface area contributed by atoms with Crippen molar-refractivity contribution in [3.63, 3.8) is 0 Å². The fraction of sp³-hybridized carbons (Fsp3) is 0.650. The largest absolute Gasteiger partial charge is 0.497 e. The van der Waals surface area contributed by atoms with E-state index in [-0.39, 0.29) is 11.6 Å². The molecule has 2 fully saturated rings. The Labute approximate surface area is 155 Å². The molecule has 1 unspecified atom stereocenters. The number of hydrogen-bond acceptors (Lipinski definition) is 4. The molecule has 2 heterocycles. The van der Waals surface area contributed by atoms with Crippen LogP contribution in [0.15, 0.2) is 24.3 Å². The van der Waals surface area contributed by atoms with Crippen molar-refractivity contribution in [2.75, 3.05) is 33.4 Å². The number of ether oxygens (including phenoxy) is 3. The molecule has 144 valence electrons. The van der Waals surface area contributed by atoms with E-state index in [4.69, 9.17) is 14.2 Å². The number of amides is 2. The zero-order valence-corrected chi connectivity index (χ0v) is 15.8. The molecule has 1 aromatic carbocycles. The minimum absolute atomic E-state index is 0.00663. The minimum Gasteiger partial charge on any atom is -0.497 e. The standard InChI is InChI=1S/C20H30N2O4/c1-3-25-18-8-13-26-20(14-18)9-11-22(12-10-20)19(23)21-15-16-4-6-17(24-2)7-5-16/h4-7,18H,3,8-15H2,1-2H3,(H,21,23). The van der Waals surface area contributed by atoms with Crippen molar-refractivity contribution in [2.24, 2.45) is 0 Å². The van der Waals surface area contributed by atoms with E-state index >= 15 is 0 Å². The molecule has 2 amide bonds. The van der Waals surface area contributed by atoms with Gasteiger partial charge in [0.15, 0.2) is 0 Å². The van der Waals surface area contributed by atoms with Crippen LogP contribution in [0, 0.1) is 0 Å². The first-order valence-electron chi connectivity index (χ1n) is 9.55. The number of likely N-dealkylation sites (tertiary alicyclic amines) is 1. The molecular formula is C20H30N2O4. The highest BCUT2D eigenvalue weighted by Gasteiger charge is 2.41. The van der Waals surface area contributed by atoms with Gasteiger partial charge in [-0.15, -0.1) is 0 Å². The number of rotatable bonds is 5. The summed E-state index contributed by atoms with van der Waals surface area (Å²) in [6.07, 6.45) is 3.98. The third-order valence-electron chi connectivity index (χ3n) is 5.41. The van der Waals surface area contributed by atoms with Crippen LogP contribution < -0.4 is 10.1 Å². The van der Waals surface area contributed by atoms with Crippen molar-refractivity contribution >= 4 is 6.03 Å². The van der Waals surface area contributed by atoms with E-state index in [1.165, 1.54) is 0 Å². The van der Waals surface area contributed by atoms with Crippen molar-refractivity contribution in [3.8, 4) is 5.75 Å². The summed E-state index contributed by atoms with van der Waals surface area (Å²) < 4.78 is 17.1. The fourth-order valence-corrected chi connectivity index (χ4v) is 3.86. The lowest BCUT2D eigenvalue weighted by Gasteiger charge is -2.45. The normalized spacial score (nSPS) is 22.2. The van der Waals surface area contributed by atoms with Crippen LogP contribution in [0.25, 0.3) is 0 Å². The van der Waals surface area contributed by atoms with Gasteiger partial charge in [0.25, 0.3) is 0 Å². The monoisotopic (exact) mass is 362 g/mol. The van der Waals surface area contributed by atoms with E-state index in [2.05, 4.69) is 5.32 Å². The Balaban J connectivity index is 1.45. The number of carbonyl (C=O) groups excluding carboxylic acids is 1. The molecule has 1 atom stereocenters. The molecule has 2 aliphatic heterocycles. The summed E-state index contributed by atoms with van der Waals surface area (Å²) in [6, 6.07) is 7.73. The average Bonchev–Trinajstić information content (AvgIpc) is 2.67. The number of nitrogens with one attached hydrogen (secondary N) is 1. The first-order chi connectivity index (χ1) is 12.6. The molecule has 0 radical (unpaired) electrons. The van der Waals surface area contributed by atoms with Gasteiger partial charge in [0.2, 0.25) is 0 Å². The molecule has 6 heteroatoms. The Morgan fingerprint density at radius 3 is 2.69 bits per heavy atom. The van der Waals surface area contributed by atoms with Gasteiger partial charge in [0.1, 0.15) is 5.75 Å². The quantitative estimate of drug-likeness (QED) is 0.875. The van der Waals surface area contributed by atoms with Gasteiger partial charge in [-0.1, -0.05) is 12.1 Å². The van der Waals surface area contributed by atoms with E-state index in [1.807, 2.05) is 36.1 Å². The van der Waals surface area contributed by atoms with Crippen LogP contribution >= 0.6 is 0 Å². The molecule has 1 spiro atoms. The second kappa shape index (κ2) is 8.73. The van der Waals surface area contributed by atoms with Crippen LogP contribution in [0.4, 0.5) is 4.79 Å². The van der Waals surface area contributed by atoms with Crippen molar-refractivity contribution in [1.82, 2.24) is 10.2 Å². The van der Waals surface area contributed by atoms with Gasteiger partial charge in [0, 0.05) is 39.3 Å². The number of methoxy groups -OCH3 is 1. The highest BCUT2D eigenvalue weighted by atomic mass is 16.5. The third kappa shape index (κ3) is 4.68. The minimum atomic E-state index is -0.106. The highest BCUT2D eigenvalue weighted by Crippen LogP contribution is 2.36. The average molecular weight is 362 g/mol. The SMILES string of the molecule is CCOC1CCOC2(CCN(C(=O)NCc3ccc(OC)cc3)CC2)C1. The van der Waals surface area contributed by atoms with E-state index in [0.29, 0.717) is 12.6 Å². The third-order valence-corrected chi connectivity index (χ3v) is 5.41. The van der Waals surface area contributed by atoms with E-state index in [9.17, 15) is 4.79 Å². The Morgan fingerprint density at radius 2 is 2.04 bits per heavy atom. The van der Waals surface area contributed by atoms with Crippen molar-refractivity contribution in [2.45, 2.75) is 50.9 Å². The summed E-state index contributed by atoms with van der Waals surface area (Å²) in [5.41, 5.74) is 0.952. The smallest absolute Gasteiger partial charge is 0.317 e. The second-order valence-electron chi connectivity index (χ2n) is 7.10. The molecule has 1 aromatic rings. The van der Waals surface area contributed by atoms with Gasteiger partial charge >= 0.3 is 6.03 Å². The maximum atomic E-state index is 12.5. The molecule has 0 aliphatic carbocycles. The lowest BCUT2D eigenvalue weighted by Crippen LogP contribution is -2.53. The van der Waals surface area contributed by atoms with Gasteiger partial charge in [-0.25, -0.2) is 4.79 Å². The topological polar surface area (TPSA) is 60.0 Å². The van der Waals surface area contributed by atoms with E-state index in [0.717, 1.165) is 63.3 Å².